The maximum atomic E-state index is 13.3. The van der Waals surface area contributed by atoms with Crippen LogP contribution in [0, 0.1) is 19.7 Å². The van der Waals surface area contributed by atoms with Gasteiger partial charge in [0.1, 0.15) is 5.82 Å². The van der Waals surface area contributed by atoms with Crippen molar-refractivity contribution in [2.24, 2.45) is 0 Å². The van der Waals surface area contributed by atoms with Crippen molar-refractivity contribution in [2.75, 3.05) is 0 Å². The molecule has 1 heterocycles. The van der Waals surface area contributed by atoms with Gasteiger partial charge in [-0.3, -0.25) is 0 Å². The third-order valence-corrected chi connectivity index (χ3v) is 5.03. The average molecular weight is 361 g/mol. The van der Waals surface area contributed by atoms with Crippen LogP contribution in [0.1, 0.15) is 17.0 Å². The van der Waals surface area contributed by atoms with Crippen LogP contribution in [-0.2, 0) is 16.6 Å². The first-order chi connectivity index (χ1) is 11.8. The second kappa shape index (κ2) is 6.73. The Morgan fingerprint density at radius 1 is 1.12 bits per heavy atom. The molecule has 0 radical (unpaired) electrons. The minimum absolute atomic E-state index is 0.0235. The summed E-state index contributed by atoms with van der Waals surface area (Å²) < 4.78 is 45.2. The van der Waals surface area contributed by atoms with Crippen molar-refractivity contribution in [1.82, 2.24) is 14.9 Å². The fraction of sp³-hybridized carbons (Fsp3) is 0.176. The molecule has 0 unspecified atom stereocenters. The maximum absolute atomic E-state index is 13.3. The molecule has 3 aromatic rings. The van der Waals surface area contributed by atoms with Crippen LogP contribution in [0.5, 0.6) is 0 Å². The standard InChI is InChI=1S/C17H16FN3O3S/c1-11-3-5-13(6-4-11)17-20-16(24-21-17)10-19-25(22,23)14-7-8-15(18)12(2)9-14/h3-9,19H,10H2,1-2H3. The molecule has 0 amide bonds. The smallest absolute Gasteiger partial charge is 0.242 e. The topological polar surface area (TPSA) is 85.1 Å². The molecule has 0 aliphatic carbocycles. The second-order valence-electron chi connectivity index (χ2n) is 5.61. The Kier molecular flexibility index (Phi) is 4.65. The van der Waals surface area contributed by atoms with Crippen LogP contribution >= 0.6 is 0 Å². The second-order valence-corrected chi connectivity index (χ2v) is 7.38. The lowest BCUT2D eigenvalue weighted by molar-refractivity contribution is 0.376. The highest BCUT2D eigenvalue weighted by molar-refractivity contribution is 7.89. The number of hydrogen-bond donors (Lipinski definition) is 1. The normalized spacial score (nSPS) is 11.6. The van der Waals surface area contributed by atoms with Gasteiger partial charge in [-0.05, 0) is 37.6 Å². The van der Waals surface area contributed by atoms with E-state index in [9.17, 15) is 12.8 Å². The monoisotopic (exact) mass is 361 g/mol. The Hall–Kier alpha value is -2.58. The van der Waals surface area contributed by atoms with Gasteiger partial charge in [-0.25, -0.2) is 17.5 Å². The van der Waals surface area contributed by atoms with E-state index in [1.807, 2.05) is 31.2 Å². The highest BCUT2D eigenvalue weighted by atomic mass is 32.2. The predicted molar refractivity (Wildman–Crippen MR) is 89.6 cm³/mol. The number of halogens is 1. The zero-order valence-electron chi connectivity index (χ0n) is 13.7. The number of aromatic nitrogens is 2. The maximum Gasteiger partial charge on any atom is 0.242 e. The molecule has 0 atom stereocenters. The lowest BCUT2D eigenvalue weighted by Crippen LogP contribution is -2.23. The van der Waals surface area contributed by atoms with E-state index in [1.54, 1.807) is 0 Å². The molecule has 0 saturated carbocycles. The van der Waals surface area contributed by atoms with Crippen molar-refractivity contribution in [2.45, 2.75) is 25.3 Å². The summed E-state index contributed by atoms with van der Waals surface area (Å²) in [6, 6.07) is 11.1. The van der Waals surface area contributed by atoms with Crippen LogP contribution in [0.4, 0.5) is 4.39 Å². The average Bonchev–Trinajstić information content (AvgIpc) is 3.05. The number of rotatable bonds is 5. The van der Waals surface area contributed by atoms with E-state index < -0.39 is 15.8 Å². The number of hydrogen-bond acceptors (Lipinski definition) is 5. The Morgan fingerprint density at radius 2 is 1.84 bits per heavy atom. The van der Waals surface area contributed by atoms with E-state index in [2.05, 4.69) is 14.9 Å². The lowest BCUT2D eigenvalue weighted by Gasteiger charge is -2.05. The van der Waals surface area contributed by atoms with E-state index in [-0.39, 0.29) is 22.9 Å². The summed E-state index contributed by atoms with van der Waals surface area (Å²) in [5.74, 6) is 0.0587. The minimum Gasteiger partial charge on any atom is -0.338 e. The third-order valence-electron chi connectivity index (χ3n) is 3.63. The van der Waals surface area contributed by atoms with Gasteiger partial charge in [0.2, 0.25) is 21.7 Å². The summed E-state index contributed by atoms with van der Waals surface area (Å²) in [5, 5.41) is 3.84. The molecule has 0 fully saturated rings. The SMILES string of the molecule is Cc1ccc(-c2noc(CNS(=O)(=O)c3ccc(F)c(C)c3)n2)cc1. The van der Waals surface area contributed by atoms with E-state index in [0.29, 0.717) is 5.82 Å². The van der Waals surface area contributed by atoms with Crippen molar-refractivity contribution < 1.29 is 17.3 Å². The van der Waals surface area contributed by atoms with E-state index >= 15 is 0 Å². The Balaban J connectivity index is 1.73. The van der Waals surface area contributed by atoms with Gasteiger partial charge in [0, 0.05) is 5.56 Å². The van der Waals surface area contributed by atoms with Crippen molar-refractivity contribution in [3.05, 3.63) is 65.3 Å². The summed E-state index contributed by atoms with van der Waals surface area (Å²) in [7, 11) is -3.80. The van der Waals surface area contributed by atoms with E-state index in [4.69, 9.17) is 4.52 Å². The molecule has 0 saturated heterocycles. The van der Waals surface area contributed by atoms with Crippen molar-refractivity contribution in [3.63, 3.8) is 0 Å². The minimum atomic E-state index is -3.80. The van der Waals surface area contributed by atoms with Gasteiger partial charge in [0.05, 0.1) is 11.4 Å². The molecule has 1 N–H and O–H groups in total. The lowest BCUT2D eigenvalue weighted by atomic mass is 10.1. The van der Waals surface area contributed by atoms with Crippen LogP contribution in [0.2, 0.25) is 0 Å². The Morgan fingerprint density at radius 3 is 2.52 bits per heavy atom. The molecular weight excluding hydrogens is 345 g/mol. The zero-order chi connectivity index (χ0) is 18.0. The summed E-state index contributed by atoms with van der Waals surface area (Å²) in [6.07, 6.45) is 0. The molecule has 8 heteroatoms. The number of benzene rings is 2. The molecule has 6 nitrogen and oxygen atoms in total. The summed E-state index contributed by atoms with van der Waals surface area (Å²) in [6.45, 7) is 3.31. The summed E-state index contributed by atoms with van der Waals surface area (Å²) in [5.41, 5.74) is 2.13. The van der Waals surface area contributed by atoms with Crippen molar-refractivity contribution in [1.29, 1.82) is 0 Å². The van der Waals surface area contributed by atoms with Crippen LogP contribution < -0.4 is 4.72 Å². The van der Waals surface area contributed by atoms with Gasteiger partial charge in [0.15, 0.2) is 0 Å². The molecule has 2 aromatic carbocycles. The summed E-state index contributed by atoms with van der Waals surface area (Å²) in [4.78, 5) is 4.15. The number of aryl methyl sites for hydroxylation is 2. The molecule has 1 aromatic heterocycles. The molecule has 0 bridgehead atoms. The zero-order valence-corrected chi connectivity index (χ0v) is 14.5. The molecule has 3 rings (SSSR count). The quantitative estimate of drug-likeness (QED) is 0.755. The van der Waals surface area contributed by atoms with Crippen LogP contribution in [0.15, 0.2) is 51.9 Å². The van der Waals surface area contributed by atoms with Crippen LogP contribution in [-0.4, -0.2) is 18.6 Å². The molecule has 0 aliphatic heterocycles. The molecule has 25 heavy (non-hydrogen) atoms. The predicted octanol–water partition coefficient (Wildman–Crippen LogP) is 2.97. The molecule has 130 valence electrons. The van der Waals surface area contributed by atoms with Crippen molar-refractivity contribution in [3.8, 4) is 11.4 Å². The van der Waals surface area contributed by atoms with Gasteiger partial charge in [0.25, 0.3) is 0 Å². The van der Waals surface area contributed by atoms with Crippen LogP contribution in [0.3, 0.4) is 0 Å². The van der Waals surface area contributed by atoms with Crippen molar-refractivity contribution >= 4 is 10.0 Å². The van der Waals surface area contributed by atoms with E-state index in [1.165, 1.54) is 19.1 Å². The van der Waals surface area contributed by atoms with E-state index in [0.717, 1.165) is 17.2 Å². The fourth-order valence-electron chi connectivity index (χ4n) is 2.17. The highest BCUT2D eigenvalue weighted by Crippen LogP contribution is 2.17. The number of nitrogens with zero attached hydrogens (tertiary/aromatic N) is 2. The first-order valence-corrected chi connectivity index (χ1v) is 8.99. The van der Waals surface area contributed by atoms with Gasteiger partial charge in [-0.1, -0.05) is 35.0 Å². The Bertz CT molecular complexity index is 998. The third kappa shape index (κ3) is 3.92. The Labute approximate surface area is 144 Å². The first kappa shape index (κ1) is 17.2. The van der Waals surface area contributed by atoms with Gasteiger partial charge in [-0.2, -0.15) is 4.98 Å². The van der Waals surface area contributed by atoms with Gasteiger partial charge >= 0.3 is 0 Å². The number of sulfonamides is 1. The van der Waals surface area contributed by atoms with Crippen LogP contribution in [0.25, 0.3) is 11.4 Å². The number of nitrogens with one attached hydrogen (secondary N) is 1. The van der Waals surface area contributed by atoms with Gasteiger partial charge in [-0.15, -0.1) is 0 Å². The molecular formula is C17H16FN3O3S. The molecule has 0 spiro atoms. The highest BCUT2D eigenvalue weighted by Gasteiger charge is 2.17. The molecule has 0 aliphatic rings. The largest absolute Gasteiger partial charge is 0.338 e. The van der Waals surface area contributed by atoms with Gasteiger partial charge < -0.3 is 4.52 Å². The summed E-state index contributed by atoms with van der Waals surface area (Å²) >= 11 is 0. The fourth-order valence-corrected chi connectivity index (χ4v) is 3.23. The first-order valence-electron chi connectivity index (χ1n) is 7.50.